The van der Waals surface area contributed by atoms with E-state index >= 15 is 0 Å². The minimum Gasteiger partial charge on any atom is -0.393 e. The van der Waals surface area contributed by atoms with Crippen LogP contribution in [0.2, 0.25) is 0 Å². The molecule has 0 spiro atoms. The van der Waals surface area contributed by atoms with E-state index in [0.29, 0.717) is 36.4 Å². The Kier molecular flexibility index (Phi) is 3.98. The van der Waals surface area contributed by atoms with Gasteiger partial charge in [0.05, 0.1) is 6.10 Å². The maximum atomic E-state index is 12.3. The SMILES string of the molecule is CC(=O)CC[C@H]1C(=O)CC[C@@H]2[C@@H]1CC[C@]1(C)[C@@H](O)CC[C@@H]21. The largest absolute Gasteiger partial charge is 0.393 e. The molecular formula is C18H28O3. The Morgan fingerprint density at radius 1 is 1.24 bits per heavy atom. The first kappa shape index (κ1) is 15.2. The van der Waals surface area contributed by atoms with Crippen molar-refractivity contribution < 1.29 is 14.7 Å². The first-order valence-electron chi connectivity index (χ1n) is 8.63. The Labute approximate surface area is 127 Å². The van der Waals surface area contributed by atoms with Crippen molar-refractivity contribution in [2.24, 2.45) is 29.1 Å². The van der Waals surface area contributed by atoms with Gasteiger partial charge in [0.25, 0.3) is 0 Å². The fourth-order valence-electron chi connectivity index (χ4n) is 5.67. The van der Waals surface area contributed by atoms with Crippen molar-refractivity contribution in [3.8, 4) is 0 Å². The van der Waals surface area contributed by atoms with E-state index in [9.17, 15) is 14.7 Å². The number of aliphatic hydroxyl groups excluding tert-OH is 1. The fraction of sp³-hybridized carbons (Fsp3) is 0.889. The lowest BCUT2D eigenvalue weighted by Gasteiger charge is -2.51. The Bertz CT molecular complexity index is 444. The summed E-state index contributed by atoms with van der Waals surface area (Å²) >= 11 is 0. The number of hydrogen-bond donors (Lipinski definition) is 1. The summed E-state index contributed by atoms with van der Waals surface area (Å²) in [7, 11) is 0. The average Bonchev–Trinajstić information content (AvgIpc) is 2.74. The zero-order chi connectivity index (χ0) is 15.2. The highest BCUT2D eigenvalue weighted by molar-refractivity contribution is 5.83. The lowest BCUT2D eigenvalue weighted by atomic mass is 9.53. The van der Waals surface area contributed by atoms with Crippen molar-refractivity contribution >= 4 is 11.6 Å². The summed E-state index contributed by atoms with van der Waals surface area (Å²) in [5.41, 5.74) is 0.0761. The molecule has 3 aliphatic carbocycles. The Hall–Kier alpha value is -0.700. The van der Waals surface area contributed by atoms with Crippen LogP contribution in [-0.2, 0) is 9.59 Å². The number of carbonyl (C=O) groups is 2. The smallest absolute Gasteiger partial charge is 0.136 e. The topological polar surface area (TPSA) is 54.4 Å². The number of aliphatic hydroxyl groups is 1. The molecule has 0 aliphatic heterocycles. The van der Waals surface area contributed by atoms with Crippen LogP contribution in [0, 0.1) is 29.1 Å². The first-order valence-corrected chi connectivity index (χ1v) is 8.63. The van der Waals surface area contributed by atoms with Crippen molar-refractivity contribution in [1.29, 1.82) is 0 Å². The molecule has 3 nitrogen and oxygen atoms in total. The molecule has 0 heterocycles. The third-order valence-electron chi connectivity index (χ3n) is 6.90. The number of carbonyl (C=O) groups excluding carboxylic acids is 2. The van der Waals surface area contributed by atoms with E-state index in [-0.39, 0.29) is 23.2 Å². The highest BCUT2D eigenvalue weighted by atomic mass is 16.3. The summed E-state index contributed by atoms with van der Waals surface area (Å²) in [5.74, 6) is 2.33. The van der Waals surface area contributed by atoms with Crippen LogP contribution in [-0.4, -0.2) is 22.8 Å². The van der Waals surface area contributed by atoms with Crippen LogP contribution in [0.1, 0.15) is 65.2 Å². The zero-order valence-electron chi connectivity index (χ0n) is 13.3. The van der Waals surface area contributed by atoms with Crippen LogP contribution in [0.4, 0.5) is 0 Å². The van der Waals surface area contributed by atoms with Crippen molar-refractivity contribution in [1.82, 2.24) is 0 Å². The van der Waals surface area contributed by atoms with Gasteiger partial charge in [0.2, 0.25) is 0 Å². The molecule has 0 bridgehead atoms. The summed E-state index contributed by atoms with van der Waals surface area (Å²) < 4.78 is 0. The van der Waals surface area contributed by atoms with Crippen LogP contribution in [0.15, 0.2) is 0 Å². The van der Waals surface area contributed by atoms with Gasteiger partial charge in [-0.25, -0.2) is 0 Å². The first-order chi connectivity index (χ1) is 9.93. The predicted molar refractivity (Wildman–Crippen MR) is 80.7 cm³/mol. The lowest BCUT2D eigenvalue weighted by Crippen LogP contribution is -2.48. The van der Waals surface area contributed by atoms with Gasteiger partial charge < -0.3 is 9.90 Å². The van der Waals surface area contributed by atoms with Crippen LogP contribution in [0.25, 0.3) is 0 Å². The summed E-state index contributed by atoms with van der Waals surface area (Å²) in [5, 5.41) is 10.4. The molecule has 1 N–H and O–H groups in total. The summed E-state index contributed by atoms with van der Waals surface area (Å²) in [6.07, 6.45) is 6.98. The summed E-state index contributed by atoms with van der Waals surface area (Å²) in [6, 6.07) is 0. The average molecular weight is 292 g/mol. The normalized spacial score (nSPS) is 46.0. The molecule has 3 rings (SSSR count). The molecule has 3 fully saturated rings. The number of rotatable bonds is 3. The van der Waals surface area contributed by atoms with Gasteiger partial charge in [-0.1, -0.05) is 6.92 Å². The molecule has 3 heteroatoms. The third kappa shape index (κ3) is 2.48. The second kappa shape index (κ2) is 5.49. The van der Waals surface area contributed by atoms with E-state index in [0.717, 1.165) is 38.5 Å². The number of fused-ring (bicyclic) bond motifs is 3. The molecule has 0 aromatic rings. The van der Waals surface area contributed by atoms with Gasteiger partial charge in [-0.15, -0.1) is 0 Å². The summed E-state index contributed by atoms with van der Waals surface area (Å²) in [6.45, 7) is 3.88. The van der Waals surface area contributed by atoms with Gasteiger partial charge in [-0.2, -0.15) is 0 Å². The lowest BCUT2D eigenvalue weighted by molar-refractivity contribution is -0.135. The number of Topliss-reactive ketones (excluding diaryl/α,β-unsaturated/α-hetero) is 2. The molecule has 0 aromatic carbocycles. The number of ketones is 2. The molecular weight excluding hydrogens is 264 g/mol. The van der Waals surface area contributed by atoms with E-state index in [1.54, 1.807) is 6.92 Å². The van der Waals surface area contributed by atoms with E-state index < -0.39 is 0 Å². The quantitative estimate of drug-likeness (QED) is 0.869. The maximum absolute atomic E-state index is 12.3. The molecule has 0 aromatic heterocycles. The minimum atomic E-state index is -0.156. The standard InChI is InChI=1S/C18H28O3/c1-11(19)3-4-14-12-9-10-18(2)15(6-8-17(18)21)13(12)5-7-16(14)20/h12-15,17,21H,3-10H2,1-2H3/t12-,13+,14+,15-,17-,18-/m0/s1. The van der Waals surface area contributed by atoms with Crippen LogP contribution in [0.3, 0.4) is 0 Å². The molecule has 0 unspecified atom stereocenters. The second-order valence-corrected chi connectivity index (χ2v) is 7.92. The van der Waals surface area contributed by atoms with E-state index in [1.165, 1.54) is 0 Å². The Morgan fingerprint density at radius 3 is 2.71 bits per heavy atom. The zero-order valence-corrected chi connectivity index (χ0v) is 13.3. The van der Waals surface area contributed by atoms with Gasteiger partial charge in [0.1, 0.15) is 11.6 Å². The van der Waals surface area contributed by atoms with Gasteiger partial charge in [-0.05, 0) is 68.6 Å². The Balaban J connectivity index is 1.78. The Morgan fingerprint density at radius 2 is 2.00 bits per heavy atom. The number of hydrogen-bond acceptors (Lipinski definition) is 3. The molecule has 0 amide bonds. The molecule has 118 valence electrons. The third-order valence-corrected chi connectivity index (χ3v) is 6.90. The van der Waals surface area contributed by atoms with E-state index in [2.05, 4.69) is 6.92 Å². The fourth-order valence-corrected chi connectivity index (χ4v) is 5.67. The van der Waals surface area contributed by atoms with Crippen molar-refractivity contribution in [3.63, 3.8) is 0 Å². The second-order valence-electron chi connectivity index (χ2n) is 7.92. The van der Waals surface area contributed by atoms with E-state index in [1.807, 2.05) is 0 Å². The van der Waals surface area contributed by atoms with Crippen LogP contribution < -0.4 is 0 Å². The molecule has 3 aliphatic rings. The van der Waals surface area contributed by atoms with E-state index in [4.69, 9.17) is 0 Å². The molecule has 6 atom stereocenters. The molecule has 3 saturated carbocycles. The van der Waals surface area contributed by atoms with Crippen molar-refractivity contribution in [3.05, 3.63) is 0 Å². The maximum Gasteiger partial charge on any atom is 0.136 e. The highest BCUT2D eigenvalue weighted by Gasteiger charge is 2.56. The van der Waals surface area contributed by atoms with Gasteiger partial charge in [-0.3, -0.25) is 4.79 Å². The van der Waals surface area contributed by atoms with Gasteiger partial charge in [0, 0.05) is 18.8 Å². The van der Waals surface area contributed by atoms with Crippen LogP contribution in [0.5, 0.6) is 0 Å². The van der Waals surface area contributed by atoms with Gasteiger partial charge in [0.15, 0.2) is 0 Å². The predicted octanol–water partition coefficient (Wildman–Crippen LogP) is 3.14. The summed E-state index contributed by atoms with van der Waals surface area (Å²) in [4.78, 5) is 23.6. The highest BCUT2D eigenvalue weighted by Crippen LogP contribution is 2.60. The molecule has 0 saturated heterocycles. The molecule has 0 radical (unpaired) electrons. The minimum absolute atomic E-state index is 0.0761. The molecule has 21 heavy (non-hydrogen) atoms. The monoisotopic (exact) mass is 292 g/mol. The van der Waals surface area contributed by atoms with Gasteiger partial charge >= 0.3 is 0 Å². The van der Waals surface area contributed by atoms with Crippen molar-refractivity contribution in [2.75, 3.05) is 0 Å². The van der Waals surface area contributed by atoms with Crippen LogP contribution >= 0.6 is 0 Å². The van der Waals surface area contributed by atoms with Crippen molar-refractivity contribution in [2.45, 2.75) is 71.3 Å².